The predicted molar refractivity (Wildman–Crippen MR) is 80.0 cm³/mol. The molecule has 0 aromatic carbocycles. The van der Waals surface area contributed by atoms with Crippen LogP contribution in [0.25, 0.3) is 0 Å². The Balaban J connectivity index is 1.68. The summed E-state index contributed by atoms with van der Waals surface area (Å²) in [5.41, 5.74) is -0.388. The van der Waals surface area contributed by atoms with Gasteiger partial charge in [0.25, 0.3) is 11.8 Å². The smallest absolute Gasteiger partial charge is 0.324 e. The Hall–Kier alpha value is -2.64. The van der Waals surface area contributed by atoms with E-state index in [0.717, 1.165) is 4.90 Å². The molecule has 3 heterocycles. The molecule has 8 nitrogen and oxygen atoms in total. The number of methoxy groups -OCH3 is 1. The fourth-order valence-electron chi connectivity index (χ4n) is 3.00. The first-order valence-corrected chi connectivity index (χ1v) is 7.36. The average Bonchev–Trinajstić information content (AvgIpc) is 2.79. The van der Waals surface area contributed by atoms with Crippen molar-refractivity contribution >= 4 is 17.8 Å². The molecule has 1 spiro atoms. The number of imide groups is 1. The zero-order chi connectivity index (χ0) is 16.6. The van der Waals surface area contributed by atoms with E-state index in [1.54, 1.807) is 17.0 Å². The number of urea groups is 1. The molecule has 4 amide bonds. The number of aromatic nitrogens is 1. The van der Waals surface area contributed by atoms with Crippen LogP contribution in [0.1, 0.15) is 23.2 Å². The molecule has 0 atom stereocenters. The molecule has 2 aliphatic rings. The number of hydrogen-bond acceptors (Lipinski definition) is 5. The number of nitrogens with one attached hydrogen (secondary N) is 1. The molecule has 0 unspecified atom stereocenters. The number of rotatable bonds is 2. The van der Waals surface area contributed by atoms with Crippen LogP contribution in [0.2, 0.25) is 0 Å². The van der Waals surface area contributed by atoms with Gasteiger partial charge in [0.2, 0.25) is 5.88 Å². The lowest BCUT2D eigenvalue weighted by molar-refractivity contribution is -0.131. The molecule has 2 fully saturated rings. The van der Waals surface area contributed by atoms with E-state index in [-0.39, 0.29) is 17.8 Å². The summed E-state index contributed by atoms with van der Waals surface area (Å²) in [6.45, 7) is 0.815. The van der Waals surface area contributed by atoms with E-state index in [1.807, 2.05) is 0 Å². The molecule has 8 heteroatoms. The van der Waals surface area contributed by atoms with Crippen molar-refractivity contribution in [3.63, 3.8) is 0 Å². The van der Waals surface area contributed by atoms with Gasteiger partial charge in [0.1, 0.15) is 5.54 Å². The van der Waals surface area contributed by atoms with Gasteiger partial charge in [-0.1, -0.05) is 0 Å². The number of likely N-dealkylation sites (tertiary alicyclic amines) is 1. The van der Waals surface area contributed by atoms with Crippen molar-refractivity contribution in [2.24, 2.45) is 0 Å². The standard InChI is InChI=1S/C15H18N4O4/c1-18-13(21)15(17-14(18)22)5-7-19(8-6-15)12(20)10-3-4-11(23-2)16-9-10/h3-4,9H,5-8H2,1-2H3,(H,17,22). The maximum absolute atomic E-state index is 12.5. The van der Waals surface area contributed by atoms with Gasteiger partial charge in [-0.2, -0.15) is 0 Å². The van der Waals surface area contributed by atoms with Crippen LogP contribution >= 0.6 is 0 Å². The van der Waals surface area contributed by atoms with Crippen molar-refractivity contribution in [3.8, 4) is 5.88 Å². The minimum Gasteiger partial charge on any atom is -0.481 e. The van der Waals surface area contributed by atoms with Crippen LogP contribution in [0, 0.1) is 0 Å². The third-order valence-corrected chi connectivity index (χ3v) is 4.46. The largest absolute Gasteiger partial charge is 0.481 e. The van der Waals surface area contributed by atoms with Crippen molar-refractivity contribution in [2.75, 3.05) is 27.2 Å². The summed E-state index contributed by atoms with van der Waals surface area (Å²) in [5, 5.41) is 2.75. The van der Waals surface area contributed by atoms with E-state index in [9.17, 15) is 14.4 Å². The predicted octanol–water partition coefficient (Wildman–Crippen LogP) is 0.247. The van der Waals surface area contributed by atoms with E-state index >= 15 is 0 Å². The summed E-state index contributed by atoms with van der Waals surface area (Å²) < 4.78 is 4.97. The van der Waals surface area contributed by atoms with Crippen molar-refractivity contribution in [1.29, 1.82) is 0 Å². The first-order chi connectivity index (χ1) is 11.0. The van der Waals surface area contributed by atoms with Gasteiger partial charge in [-0.25, -0.2) is 9.78 Å². The van der Waals surface area contributed by atoms with Gasteiger partial charge in [0, 0.05) is 32.4 Å². The fraction of sp³-hybridized carbons (Fsp3) is 0.467. The minimum absolute atomic E-state index is 0.139. The molecule has 0 saturated carbocycles. The van der Waals surface area contributed by atoms with Gasteiger partial charge in [0.05, 0.1) is 12.7 Å². The maximum atomic E-state index is 12.5. The molecule has 1 aromatic rings. The lowest BCUT2D eigenvalue weighted by Gasteiger charge is -2.37. The number of hydrogen-bond donors (Lipinski definition) is 1. The highest BCUT2D eigenvalue weighted by Crippen LogP contribution is 2.29. The number of carbonyl (C=O) groups is 3. The molecule has 122 valence electrons. The summed E-state index contributed by atoms with van der Waals surface area (Å²) in [7, 11) is 2.98. The van der Waals surface area contributed by atoms with E-state index < -0.39 is 5.54 Å². The highest BCUT2D eigenvalue weighted by Gasteiger charge is 2.51. The molecular weight excluding hydrogens is 300 g/mol. The Morgan fingerprint density at radius 3 is 2.48 bits per heavy atom. The van der Waals surface area contributed by atoms with Gasteiger partial charge in [-0.15, -0.1) is 0 Å². The molecular formula is C15H18N4O4. The molecule has 0 aliphatic carbocycles. The Labute approximate surface area is 133 Å². The van der Waals surface area contributed by atoms with Gasteiger partial charge >= 0.3 is 6.03 Å². The Kier molecular flexibility index (Phi) is 3.67. The first kappa shape index (κ1) is 15.3. The second kappa shape index (κ2) is 5.53. The van der Waals surface area contributed by atoms with Gasteiger partial charge in [0.15, 0.2) is 0 Å². The summed E-state index contributed by atoms with van der Waals surface area (Å²) in [5.74, 6) is 0.0855. The van der Waals surface area contributed by atoms with E-state index in [0.29, 0.717) is 37.4 Å². The number of nitrogens with zero attached hydrogens (tertiary/aromatic N) is 3. The minimum atomic E-state index is -0.860. The Bertz CT molecular complexity index is 650. The van der Waals surface area contributed by atoms with Crippen LogP contribution in [0.4, 0.5) is 4.79 Å². The van der Waals surface area contributed by atoms with E-state index in [4.69, 9.17) is 4.74 Å². The van der Waals surface area contributed by atoms with Crippen molar-refractivity contribution < 1.29 is 19.1 Å². The molecule has 1 N–H and O–H groups in total. The Morgan fingerprint density at radius 1 is 1.30 bits per heavy atom. The molecule has 0 bridgehead atoms. The van der Waals surface area contributed by atoms with Gasteiger partial charge in [-0.05, 0) is 18.9 Å². The molecule has 23 heavy (non-hydrogen) atoms. The van der Waals surface area contributed by atoms with Crippen LogP contribution in [0.15, 0.2) is 18.3 Å². The maximum Gasteiger partial charge on any atom is 0.324 e. The van der Waals surface area contributed by atoms with Crippen LogP contribution in [-0.2, 0) is 4.79 Å². The highest BCUT2D eigenvalue weighted by atomic mass is 16.5. The Morgan fingerprint density at radius 2 is 2.00 bits per heavy atom. The zero-order valence-electron chi connectivity index (χ0n) is 13.0. The van der Waals surface area contributed by atoms with Crippen LogP contribution in [0.3, 0.4) is 0 Å². The number of ether oxygens (including phenoxy) is 1. The molecule has 1 aromatic heterocycles. The second-order valence-electron chi connectivity index (χ2n) is 5.76. The molecule has 2 saturated heterocycles. The summed E-state index contributed by atoms with van der Waals surface area (Å²) in [4.78, 5) is 43.2. The monoisotopic (exact) mass is 318 g/mol. The van der Waals surface area contributed by atoms with Crippen LogP contribution < -0.4 is 10.1 Å². The summed E-state index contributed by atoms with van der Waals surface area (Å²) >= 11 is 0. The van der Waals surface area contributed by atoms with E-state index in [2.05, 4.69) is 10.3 Å². The number of piperidine rings is 1. The van der Waals surface area contributed by atoms with Crippen molar-refractivity contribution in [2.45, 2.75) is 18.4 Å². The van der Waals surface area contributed by atoms with Crippen molar-refractivity contribution in [3.05, 3.63) is 23.9 Å². The van der Waals surface area contributed by atoms with Crippen molar-refractivity contribution in [1.82, 2.24) is 20.1 Å². The second-order valence-corrected chi connectivity index (χ2v) is 5.76. The van der Waals surface area contributed by atoms with Gasteiger partial charge in [-0.3, -0.25) is 14.5 Å². The van der Waals surface area contributed by atoms with Crippen LogP contribution in [-0.4, -0.2) is 65.4 Å². The fourth-order valence-corrected chi connectivity index (χ4v) is 3.00. The number of pyridine rings is 1. The van der Waals surface area contributed by atoms with Gasteiger partial charge < -0.3 is 15.0 Å². The third kappa shape index (κ3) is 2.49. The highest BCUT2D eigenvalue weighted by molar-refractivity contribution is 6.07. The number of amides is 4. The first-order valence-electron chi connectivity index (χ1n) is 7.36. The molecule has 3 rings (SSSR count). The molecule has 0 radical (unpaired) electrons. The molecule has 2 aliphatic heterocycles. The number of likely N-dealkylation sites (N-methyl/N-ethyl adjacent to an activating group) is 1. The SMILES string of the molecule is COc1ccc(C(=O)N2CCC3(CC2)NC(=O)N(C)C3=O)cn1. The van der Waals surface area contributed by atoms with E-state index in [1.165, 1.54) is 20.4 Å². The normalized spacial score (nSPS) is 19.9. The summed E-state index contributed by atoms with van der Waals surface area (Å²) in [6, 6.07) is 2.91. The summed E-state index contributed by atoms with van der Waals surface area (Å²) in [6.07, 6.45) is 2.30. The third-order valence-electron chi connectivity index (χ3n) is 4.46. The zero-order valence-corrected chi connectivity index (χ0v) is 13.0. The lowest BCUT2D eigenvalue weighted by Crippen LogP contribution is -2.55. The van der Waals surface area contributed by atoms with Crippen LogP contribution in [0.5, 0.6) is 5.88 Å². The average molecular weight is 318 g/mol. The number of carbonyl (C=O) groups excluding carboxylic acids is 3. The lowest BCUT2D eigenvalue weighted by atomic mass is 9.87. The topological polar surface area (TPSA) is 91.8 Å². The quantitative estimate of drug-likeness (QED) is 0.789.